The Bertz CT molecular complexity index is 394. The number of nitrogens with zero attached hydrogens (tertiary/aromatic N) is 2. The fourth-order valence-corrected chi connectivity index (χ4v) is 2.49. The van der Waals surface area contributed by atoms with Crippen LogP contribution in [0, 0.1) is 5.82 Å². The molecule has 2 rings (SSSR count). The van der Waals surface area contributed by atoms with Crippen LogP contribution >= 0.6 is 0 Å². The first-order valence-corrected chi connectivity index (χ1v) is 6.05. The zero-order valence-corrected chi connectivity index (χ0v) is 10.5. The number of rotatable bonds is 2. The molecule has 0 amide bonds. The van der Waals surface area contributed by atoms with Crippen LogP contribution in [0.15, 0.2) is 18.2 Å². The number of likely N-dealkylation sites (N-methyl/N-ethyl adjacent to an activating group) is 2. The number of nitrogen functional groups attached to an aromatic ring is 1. The summed E-state index contributed by atoms with van der Waals surface area (Å²) in [6.45, 7) is 2.15. The average Bonchev–Trinajstić information content (AvgIpc) is 2.32. The number of hydrogen-bond donors (Lipinski definition) is 1. The molecule has 1 atom stereocenters. The summed E-state index contributed by atoms with van der Waals surface area (Å²) in [6, 6.07) is 5.41. The Morgan fingerprint density at radius 3 is 2.94 bits per heavy atom. The van der Waals surface area contributed by atoms with Crippen molar-refractivity contribution in [1.82, 2.24) is 4.90 Å². The molecule has 1 unspecified atom stereocenters. The molecule has 3 nitrogen and oxygen atoms in total. The van der Waals surface area contributed by atoms with Crippen molar-refractivity contribution in [3.8, 4) is 0 Å². The van der Waals surface area contributed by atoms with E-state index in [-0.39, 0.29) is 11.5 Å². The normalized spacial score (nSPS) is 21.5. The summed E-state index contributed by atoms with van der Waals surface area (Å²) < 4.78 is 13.4. The van der Waals surface area contributed by atoms with Gasteiger partial charge in [-0.15, -0.1) is 0 Å². The summed E-state index contributed by atoms with van der Waals surface area (Å²) in [7, 11) is 4.11. The van der Waals surface area contributed by atoms with Crippen LogP contribution in [0.3, 0.4) is 0 Å². The third-order valence-electron chi connectivity index (χ3n) is 3.56. The van der Waals surface area contributed by atoms with Gasteiger partial charge >= 0.3 is 0 Å². The SMILES string of the molecule is CN1CCCC(N(C)c2cccc(F)c2N)C1. The van der Waals surface area contributed by atoms with E-state index in [0.29, 0.717) is 6.04 Å². The van der Waals surface area contributed by atoms with E-state index in [1.807, 2.05) is 13.1 Å². The molecule has 1 fully saturated rings. The number of benzene rings is 1. The molecule has 0 saturated carbocycles. The van der Waals surface area contributed by atoms with Crippen LogP contribution in [0.1, 0.15) is 12.8 Å². The number of hydrogen-bond acceptors (Lipinski definition) is 3. The molecule has 1 heterocycles. The molecule has 1 saturated heterocycles. The van der Waals surface area contributed by atoms with E-state index in [2.05, 4.69) is 16.8 Å². The van der Waals surface area contributed by atoms with Crippen molar-refractivity contribution in [1.29, 1.82) is 0 Å². The van der Waals surface area contributed by atoms with Gasteiger partial charge in [0.05, 0.1) is 11.4 Å². The highest BCUT2D eigenvalue weighted by atomic mass is 19.1. The molecule has 94 valence electrons. The summed E-state index contributed by atoms with van der Waals surface area (Å²) >= 11 is 0. The van der Waals surface area contributed by atoms with Crippen LogP contribution in [0.25, 0.3) is 0 Å². The summed E-state index contributed by atoms with van der Waals surface area (Å²) in [5.41, 5.74) is 6.84. The number of likely N-dealkylation sites (tertiary alicyclic amines) is 1. The minimum atomic E-state index is -0.335. The Labute approximate surface area is 102 Å². The number of nitrogens with two attached hydrogens (primary N) is 1. The summed E-state index contributed by atoms with van der Waals surface area (Å²) in [5.74, 6) is -0.335. The second-order valence-corrected chi connectivity index (χ2v) is 4.84. The first-order valence-electron chi connectivity index (χ1n) is 6.05. The van der Waals surface area contributed by atoms with E-state index in [9.17, 15) is 4.39 Å². The Morgan fingerprint density at radius 1 is 1.47 bits per heavy atom. The first kappa shape index (κ1) is 12.2. The fourth-order valence-electron chi connectivity index (χ4n) is 2.49. The number of halogens is 1. The zero-order valence-electron chi connectivity index (χ0n) is 10.5. The van der Waals surface area contributed by atoms with E-state index < -0.39 is 0 Å². The van der Waals surface area contributed by atoms with Crippen LogP contribution in [-0.4, -0.2) is 38.1 Å². The topological polar surface area (TPSA) is 32.5 Å². The number of anilines is 2. The molecular formula is C13H20FN3. The quantitative estimate of drug-likeness (QED) is 0.798. The van der Waals surface area contributed by atoms with Gasteiger partial charge in [-0.1, -0.05) is 6.07 Å². The van der Waals surface area contributed by atoms with Crippen molar-refractivity contribution >= 4 is 11.4 Å². The van der Waals surface area contributed by atoms with Crippen molar-refractivity contribution in [2.45, 2.75) is 18.9 Å². The largest absolute Gasteiger partial charge is 0.395 e. The van der Waals surface area contributed by atoms with E-state index in [1.165, 1.54) is 12.5 Å². The van der Waals surface area contributed by atoms with E-state index in [4.69, 9.17) is 5.73 Å². The molecule has 1 aromatic carbocycles. The van der Waals surface area contributed by atoms with Gasteiger partial charge in [0.25, 0.3) is 0 Å². The van der Waals surface area contributed by atoms with Gasteiger partial charge in [-0.05, 0) is 38.6 Å². The van der Waals surface area contributed by atoms with Crippen molar-refractivity contribution in [3.63, 3.8) is 0 Å². The second kappa shape index (κ2) is 4.92. The molecule has 0 radical (unpaired) electrons. The molecule has 1 aromatic rings. The molecule has 1 aliphatic rings. The van der Waals surface area contributed by atoms with Gasteiger partial charge in [0, 0.05) is 19.6 Å². The van der Waals surface area contributed by atoms with Gasteiger partial charge in [0.15, 0.2) is 0 Å². The van der Waals surface area contributed by atoms with Crippen molar-refractivity contribution in [2.24, 2.45) is 0 Å². The predicted octanol–water partition coefficient (Wildman–Crippen LogP) is 1.94. The lowest BCUT2D eigenvalue weighted by atomic mass is 10.0. The summed E-state index contributed by atoms with van der Waals surface area (Å²) in [6.07, 6.45) is 2.32. The molecular weight excluding hydrogens is 217 g/mol. The number of piperidine rings is 1. The van der Waals surface area contributed by atoms with Gasteiger partial charge in [0.2, 0.25) is 0 Å². The molecule has 17 heavy (non-hydrogen) atoms. The maximum Gasteiger partial charge on any atom is 0.148 e. The van der Waals surface area contributed by atoms with E-state index in [0.717, 1.165) is 25.2 Å². The van der Waals surface area contributed by atoms with Crippen molar-refractivity contribution in [3.05, 3.63) is 24.0 Å². The highest BCUT2D eigenvalue weighted by Gasteiger charge is 2.22. The summed E-state index contributed by atoms with van der Waals surface area (Å²) in [4.78, 5) is 4.41. The maximum absolute atomic E-state index is 13.4. The van der Waals surface area contributed by atoms with E-state index >= 15 is 0 Å². The lowest BCUT2D eigenvalue weighted by Crippen LogP contribution is -2.45. The Hall–Kier alpha value is -1.29. The van der Waals surface area contributed by atoms with Crippen LogP contribution in [0.4, 0.5) is 15.8 Å². The minimum Gasteiger partial charge on any atom is -0.395 e. The highest BCUT2D eigenvalue weighted by Crippen LogP contribution is 2.28. The Kier molecular flexibility index (Phi) is 3.52. The van der Waals surface area contributed by atoms with Gasteiger partial charge in [-0.25, -0.2) is 4.39 Å². The van der Waals surface area contributed by atoms with Gasteiger partial charge in [-0.3, -0.25) is 0 Å². The standard InChI is InChI=1S/C13H20FN3/c1-16-8-4-5-10(9-16)17(2)12-7-3-6-11(14)13(12)15/h3,6-7,10H,4-5,8-9,15H2,1-2H3. The smallest absolute Gasteiger partial charge is 0.148 e. The first-order chi connectivity index (χ1) is 8.09. The van der Waals surface area contributed by atoms with Gasteiger partial charge < -0.3 is 15.5 Å². The average molecular weight is 237 g/mol. The zero-order chi connectivity index (χ0) is 12.4. The Balaban J connectivity index is 2.18. The van der Waals surface area contributed by atoms with Gasteiger partial charge in [-0.2, -0.15) is 0 Å². The third-order valence-corrected chi connectivity index (χ3v) is 3.56. The summed E-state index contributed by atoms with van der Waals surface area (Å²) in [5, 5.41) is 0. The molecule has 0 spiro atoms. The monoisotopic (exact) mass is 237 g/mol. The van der Waals surface area contributed by atoms with Crippen molar-refractivity contribution in [2.75, 3.05) is 37.8 Å². The minimum absolute atomic E-state index is 0.253. The second-order valence-electron chi connectivity index (χ2n) is 4.84. The lowest BCUT2D eigenvalue weighted by molar-refractivity contribution is 0.248. The van der Waals surface area contributed by atoms with E-state index in [1.54, 1.807) is 6.07 Å². The fraction of sp³-hybridized carbons (Fsp3) is 0.538. The van der Waals surface area contributed by atoms with Crippen LogP contribution < -0.4 is 10.6 Å². The maximum atomic E-state index is 13.4. The molecule has 2 N–H and O–H groups in total. The lowest BCUT2D eigenvalue weighted by Gasteiger charge is -2.37. The Morgan fingerprint density at radius 2 is 2.24 bits per heavy atom. The molecule has 4 heteroatoms. The van der Waals surface area contributed by atoms with Gasteiger partial charge in [0.1, 0.15) is 5.82 Å². The predicted molar refractivity (Wildman–Crippen MR) is 69.7 cm³/mol. The highest BCUT2D eigenvalue weighted by molar-refractivity contribution is 5.68. The van der Waals surface area contributed by atoms with Crippen LogP contribution in [0.2, 0.25) is 0 Å². The molecule has 0 aliphatic carbocycles. The van der Waals surface area contributed by atoms with Crippen LogP contribution in [0.5, 0.6) is 0 Å². The molecule has 0 aromatic heterocycles. The molecule has 0 bridgehead atoms. The van der Waals surface area contributed by atoms with Crippen molar-refractivity contribution < 1.29 is 4.39 Å². The third kappa shape index (κ3) is 2.52. The number of para-hydroxylation sites is 1. The molecule has 1 aliphatic heterocycles. The van der Waals surface area contributed by atoms with Crippen LogP contribution in [-0.2, 0) is 0 Å².